The number of pyridine rings is 1. The molecule has 0 bridgehead atoms. The summed E-state index contributed by atoms with van der Waals surface area (Å²) >= 11 is 0. The highest BCUT2D eigenvalue weighted by Gasteiger charge is 2.12. The Kier molecular flexibility index (Phi) is 4.03. The minimum Gasteiger partial charge on any atom is -0.305 e. The monoisotopic (exact) mass is 344 g/mol. The number of hydrogen-bond donors (Lipinski definition) is 1. The smallest absolute Gasteiger partial charge is 0.258 e. The summed E-state index contributed by atoms with van der Waals surface area (Å²) in [6.45, 7) is 1.91. The zero-order chi connectivity index (χ0) is 17.9. The third kappa shape index (κ3) is 3.10. The molecule has 0 atom stereocenters. The topological polar surface area (TPSA) is 77.6 Å². The zero-order valence-electron chi connectivity index (χ0n) is 14.1. The van der Waals surface area contributed by atoms with Crippen LogP contribution in [0.4, 0.5) is 5.82 Å². The van der Waals surface area contributed by atoms with E-state index in [9.17, 15) is 4.79 Å². The van der Waals surface area contributed by atoms with E-state index in [0.717, 1.165) is 11.3 Å². The van der Waals surface area contributed by atoms with Gasteiger partial charge in [-0.15, -0.1) is 5.10 Å². The molecule has 0 unspecified atom stereocenters. The fourth-order valence-electron chi connectivity index (χ4n) is 2.54. The summed E-state index contributed by atoms with van der Waals surface area (Å²) in [6, 6.07) is 13.2. The van der Waals surface area contributed by atoms with Crippen molar-refractivity contribution in [3.05, 3.63) is 84.7 Å². The van der Waals surface area contributed by atoms with Crippen molar-refractivity contribution in [3.63, 3.8) is 0 Å². The van der Waals surface area contributed by atoms with Gasteiger partial charge in [-0.05, 0) is 31.2 Å². The van der Waals surface area contributed by atoms with E-state index in [-0.39, 0.29) is 5.91 Å². The number of nitrogens with zero attached hydrogens (tertiary/aromatic N) is 5. The molecule has 0 saturated carbocycles. The molecule has 4 aromatic rings. The number of benzene rings is 1. The molecule has 0 saturated heterocycles. The van der Waals surface area contributed by atoms with Crippen LogP contribution in [-0.2, 0) is 0 Å². The second-order valence-corrected chi connectivity index (χ2v) is 5.77. The van der Waals surface area contributed by atoms with Gasteiger partial charge in [0.05, 0.1) is 11.3 Å². The van der Waals surface area contributed by atoms with Crippen molar-refractivity contribution in [2.24, 2.45) is 0 Å². The zero-order valence-corrected chi connectivity index (χ0v) is 14.1. The van der Waals surface area contributed by atoms with Crippen LogP contribution >= 0.6 is 0 Å². The number of carbonyl (C=O) groups is 1. The van der Waals surface area contributed by atoms with E-state index in [1.54, 1.807) is 40.1 Å². The molecular formula is C19H16N6O. The van der Waals surface area contributed by atoms with Crippen LogP contribution < -0.4 is 5.32 Å². The highest BCUT2D eigenvalue weighted by molar-refractivity contribution is 6.03. The molecule has 4 rings (SSSR count). The van der Waals surface area contributed by atoms with Crippen LogP contribution in [0.2, 0.25) is 0 Å². The largest absolute Gasteiger partial charge is 0.305 e. The van der Waals surface area contributed by atoms with Gasteiger partial charge >= 0.3 is 0 Å². The van der Waals surface area contributed by atoms with Crippen molar-refractivity contribution in [2.45, 2.75) is 6.92 Å². The number of carbonyl (C=O) groups excluding carboxylic acids is 1. The average molecular weight is 344 g/mol. The van der Waals surface area contributed by atoms with E-state index in [1.165, 1.54) is 6.20 Å². The molecule has 128 valence electrons. The summed E-state index contributed by atoms with van der Waals surface area (Å²) in [6.07, 6.45) is 8.54. The van der Waals surface area contributed by atoms with Crippen molar-refractivity contribution in [1.82, 2.24) is 24.3 Å². The standard InChI is InChI=1S/C19H16N6O/c1-14-12-25(16-5-3-2-4-6-16)23-18(14)22-19(26)15-7-8-17(21-11-15)24-10-9-20-13-24/h2-13H,1H3,(H,22,23,26). The Morgan fingerprint density at radius 2 is 1.96 bits per heavy atom. The first-order valence-electron chi connectivity index (χ1n) is 8.08. The number of anilines is 1. The van der Waals surface area contributed by atoms with Gasteiger partial charge in [0, 0.05) is 30.4 Å². The summed E-state index contributed by atoms with van der Waals surface area (Å²) in [5, 5.41) is 7.30. The minimum absolute atomic E-state index is 0.254. The Balaban J connectivity index is 1.52. The summed E-state index contributed by atoms with van der Waals surface area (Å²) in [7, 11) is 0. The summed E-state index contributed by atoms with van der Waals surface area (Å²) < 4.78 is 3.51. The molecule has 7 nitrogen and oxygen atoms in total. The summed E-state index contributed by atoms with van der Waals surface area (Å²) in [5.74, 6) is 0.970. The van der Waals surface area contributed by atoms with Gasteiger partial charge in [-0.3, -0.25) is 9.36 Å². The van der Waals surface area contributed by atoms with Crippen molar-refractivity contribution >= 4 is 11.7 Å². The van der Waals surface area contributed by atoms with Crippen molar-refractivity contribution in [2.75, 3.05) is 5.32 Å². The Morgan fingerprint density at radius 1 is 1.12 bits per heavy atom. The van der Waals surface area contributed by atoms with E-state index >= 15 is 0 Å². The molecule has 3 aromatic heterocycles. The van der Waals surface area contributed by atoms with Crippen LogP contribution in [0.5, 0.6) is 0 Å². The number of hydrogen-bond acceptors (Lipinski definition) is 4. The quantitative estimate of drug-likeness (QED) is 0.617. The van der Waals surface area contributed by atoms with Crippen LogP contribution in [0.1, 0.15) is 15.9 Å². The second-order valence-electron chi connectivity index (χ2n) is 5.77. The number of nitrogens with one attached hydrogen (secondary N) is 1. The van der Waals surface area contributed by atoms with E-state index in [4.69, 9.17) is 0 Å². The predicted molar refractivity (Wildman–Crippen MR) is 97.6 cm³/mol. The number of aryl methyl sites for hydroxylation is 1. The molecule has 0 aliphatic rings. The lowest BCUT2D eigenvalue weighted by molar-refractivity contribution is 0.102. The first-order valence-corrected chi connectivity index (χ1v) is 8.08. The first-order chi connectivity index (χ1) is 12.7. The lowest BCUT2D eigenvalue weighted by atomic mass is 10.2. The summed E-state index contributed by atoms with van der Waals surface area (Å²) in [5.41, 5.74) is 2.27. The number of imidazole rings is 1. The SMILES string of the molecule is Cc1cn(-c2ccccc2)nc1NC(=O)c1ccc(-n2ccnc2)nc1. The minimum atomic E-state index is -0.254. The van der Waals surface area contributed by atoms with Crippen molar-refractivity contribution < 1.29 is 4.79 Å². The van der Waals surface area contributed by atoms with Crippen LogP contribution in [0, 0.1) is 6.92 Å². The number of amides is 1. The molecule has 1 amide bonds. The lowest BCUT2D eigenvalue weighted by Crippen LogP contribution is -2.14. The van der Waals surface area contributed by atoms with Gasteiger partial charge in [0.1, 0.15) is 12.1 Å². The average Bonchev–Trinajstić information content (AvgIpc) is 3.33. The maximum Gasteiger partial charge on any atom is 0.258 e. The number of para-hydroxylation sites is 1. The van der Waals surface area contributed by atoms with E-state index in [0.29, 0.717) is 17.2 Å². The molecule has 1 N–H and O–H groups in total. The third-order valence-corrected chi connectivity index (χ3v) is 3.93. The van der Waals surface area contributed by atoms with Crippen molar-refractivity contribution in [1.29, 1.82) is 0 Å². The van der Waals surface area contributed by atoms with E-state index in [2.05, 4.69) is 20.4 Å². The molecule has 0 aliphatic heterocycles. The highest BCUT2D eigenvalue weighted by atomic mass is 16.1. The normalized spacial score (nSPS) is 10.7. The fourth-order valence-corrected chi connectivity index (χ4v) is 2.54. The Morgan fingerprint density at radius 3 is 2.65 bits per heavy atom. The molecule has 0 aliphatic carbocycles. The van der Waals surface area contributed by atoms with Gasteiger partial charge < -0.3 is 5.32 Å². The molecular weight excluding hydrogens is 328 g/mol. The Hall–Kier alpha value is -3.74. The Labute approximate surface area is 150 Å². The van der Waals surface area contributed by atoms with Crippen molar-refractivity contribution in [3.8, 4) is 11.5 Å². The maximum absolute atomic E-state index is 12.5. The maximum atomic E-state index is 12.5. The molecule has 0 spiro atoms. The van der Waals surface area contributed by atoms with Crippen LogP contribution in [0.15, 0.2) is 73.6 Å². The predicted octanol–water partition coefficient (Wildman–Crippen LogP) is 3.01. The third-order valence-electron chi connectivity index (χ3n) is 3.93. The van der Waals surface area contributed by atoms with Gasteiger partial charge in [0.15, 0.2) is 5.82 Å². The van der Waals surface area contributed by atoms with Gasteiger partial charge in [0.25, 0.3) is 5.91 Å². The van der Waals surface area contributed by atoms with Crippen LogP contribution in [0.3, 0.4) is 0 Å². The van der Waals surface area contributed by atoms with E-state index < -0.39 is 0 Å². The van der Waals surface area contributed by atoms with Gasteiger partial charge in [-0.2, -0.15) is 0 Å². The molecule has 0 fully saturated rings. The van der Waals surface area contributed by atoms with Crippen LogP contribution in [-0.4, -0.2) is 30.2 Å². The highest BCUT2D eigenvalue weighted by Crippen LogP contribution is 2.16. The molecule has 3 heterocycles. The lowest BCUT2D eigenvalue weighted by Gasteiger charge is -2.05. The van der Waals surface area contributed by atoms with E-state index in [1.807, 2.05) is 43.5 Å². The molecule has 0 radical (unpaired) electrons. The van der Waals surface area contributed by atoms with Crippen LogP contribution in [0.25, 0.3) is 11.5 Å². The van der Waals surface area contributed by atoms with Gasteiger partial charge in [-0.25, -0.2) is 14.6 Å². The molecule has 26 heavy (non-hydrogen) atoms. The second kappa shape index (κ2) is 6.64. The van der Waals surface area contributed by atoms with Gasteiger partial charge in [0.2, 0.25) is 0 Å². The first kappa shape index (κ1) is 15.8. The number of aromatic nitrogens is 5. The van der Waals surface area contributed by atoms with Gasteiger partial charge in [-0.1, -0.05) is 18.2 Å². The molecule has 1 aromatic carbocycles. The number of rotatable bonds is 4. The fraction of sp³-hybridized carbons (Fsp3) is 0.0526. The Bertz CT molecular complexity index is 1020. The molecule has 7 heteroatoms. The summed E-state index contributed by atoms with van der Waals surface area (Å²) in [4.78, 5) is 20.8.